The highest BCUT2D eigenvalue weighted by Crippen LogP contribution is 2.31. The van der Waals surface area contributed by atoms with Crippen molar-refractivity contribution in [3.8, 4) is 28.7 Å². The average Bonchev–Trinajstić information content (AvgIpc) is 3.56. The number of likely N-dealkylation sites (N-methyl/N-ethyl adjacent to an activating group) is 1. The number of carbonyl (C=O) groups excluding carboxylic acids is 2. The van der Waals surface area contributed by atoms with Crippen LogP contribution in [0.4, 0.5) is 5.82 Å². The maximum atomic E-state index is 13.0. The van der Waals surface area contributed by atoms with Gasteiger partial charge in [-0.05, 0) is 43.3 Å². The molecule has 2 amide bonds. The molecule has 11 nitrogen and oxygen atoms in total. The van der Waals surface area contributed by atoms with Crippen molar-refractivity contribution in [3.05, 3.63) is 66.1 Å². The zero-order valence-electron chi connectivity index (χ0n) is 20.0. The second kappa shape index (κ2) is 9.53. The number of hydrogen-bond acceptors (Lipinski definition) is 8. The molecule has 0 saturated carbocycles. The number of nitrogens with one attached hydrogen (secondary N) is 1. The van der Waals surface area contributed by atoms with Gasteiger partial charge in [-0.15, -0.1) is 0 Å². The molecule has 4 aromatic rings. The number of carbonyl (C=O) groups is 2. The Morgan fingerprint density at radius 2 is 1.86 bits per heavy atom. The van der Waals surface area contributed by atoms with Crippen LogP contribution < -0.4 is 14.8 Å². The molecule has 36 heavy (non-hydrogen) atoms. The van der Waals surface area contributed by atoms with Crippen molar-refractivity contribution in [2.75, 3.05) is 18.9 Å². The molecule has 11 heteroatoms. The van der Waals surface area contributed by atoms with Gasteiger partial charge in [-0.3, -0.25) is 14.3 Å². The van der Waals surface area contributed by atoms with Gasteiger partial charge in [0.15, 0.2) is 17.7 Å². The van der Waals surface area contributed by atoms with Crippen LogP contribution in [0.3, 0.4) is 0 Å². The summed E-state index contributed by atoms with van der Waals surface area (Å²) in [5.74, 6) is 2.13. The first-order valence-corrected chi connectivity index (χ1v) is 11.3. The summed E-state index contributed by atoms with van der Waals surface area (Å²) in [7, 11) is 3.49. The van der Waals surface area contributed by atoms with Gasteiger partial charge in [-0.1, -0.05) is 5.16 Å². The minimum atomic E-state index is -0.617. The van der Waals surface area contributed by atoms with Crippen LogP contribution in [0.5, 0.6) is 17.2 Å². The van der Waals surface area contributed by atoms with E-state index >= 15 is 0 Å². The van der Waals surface area contributed by atoms with Crippen LogP contribution in [0, 0.1) is 6.92 Å². The van der Waals surface area contributed by atoms with Gasteiger partial charge in [-0.25, -0.2) is 0 Å². The van der Waals surface area contributed by atoms with Crippen LogP contribution >= 0.6 is 0 Å². The number of likely N-dealkylation sites (tertiary alicyclic amines) is 1. The smallest absolute Gasteiger partial charge is 0.263 e. The van der Waals surface area contributed by atoms with Crippen molar-refractivity contribution in [3.63, 3.8) is 0 Å². The Bertz CT molecular complexity index is 1410. The minimum Gasteiger partial charge on any atom is -0.480 e. The Morgan fingerprint density at radius 1 is 1.08 bits per heavy atom. The zero-order chi connectivity index (χ0) is 25.2. The van der Waals surface area contributed by atoms with E-state index in [9.17, 15) is 9.59 Å². The number of aryl methyl sites for hydroxylation is 2. The van der Waals surface area contributed by atoms with E-state index in [4.69, 9.17) is 14.0 Å². The van der Waals surface area contributed by atoms with Crippen LogP contribution in [0.2, 0.25) is 0 Å². The molecule has 1 aliphatic rings. The lowest BCUT2D eigenvalue weighted by atomic mass is 10.1. The number of nitrogens with zero attached hydrogens (tertiary/aromatic N) is 5. The number of aromatic nitrogens is 4. The molecule has 3 heterocycles. The molecule has 5 rings (SSSR count). The standard InChI is InChI=1S/C25H24N6O5/c1-15-26-24(36-29-15)16-4-6-18(7-5-16)34-19-12-17(23(32)27-22-9-11-31(3)28-22)13-20(14-19)35-21-8-10-30(2)25(21)33/h4-7,9,11-14,21H,8,10H2,1-3H3,(H,27,28,32). The molecule has 0 spiro atoms. The number of amides is 2. The van der Waals surface area contributed by atoms with Crippen LogP contribution in [0.25, 0.3) is 11.5 Å². The topological polar surface area (TPSA) is 125 Å². The van der Waals surface area contributed by atoms with Gasteiger partial charge in [0.2, 0.25) is 0 Å². The first-order valence-electron chi connectivity index (χ1n) is 11.3. The second-order valence-corrected chi connectivity index (χ2v) is 8.45. The number of ether oxygens (including phenoxy) is 2. The van der Waals surface area contributed by atoms with E-state index in [0.29, 0.717) is 53.3 Å². The van der Waals surface area contributed by atoms with Gasteiger partial charge >= 0.3 is 0 Å². The van der Waals surface area contributed by atoms with Crippen molar-refractivity contribution in [1.82, 2.24) is 24.8 Å². The molecule has 0 bridgehead atoms. The lowest BCUT2D eigenvalue weighted by Gasteiger charge is -2.15. The molecule has 0 radical (unpaired) electrons. The fraction of sp³-hybridized carbons (Fsp3) is 0.240. The molecule has 184 valence electrons. The van der Waals surface area contributed by atoms with Crippen molar-refractivity contribution >= 4 is 17.6 Å². The van der Waals surface area contributed by atoms with Gasteiger partial charge in [0.05, 0.1) is 0 Å². The zero-order valence-corrected chi connectivity index (χ0v) is 20.0. The fourth-order valence-corrected chi connectivity index (χ4v) is 3.78. The maximum absolute atomic E-state index is 13.0. The molecular weight excluding hydrogens is 464 g/mol. The summed E-state index contributed by atoms with van der Waals surface area (Å²) in [5.41, 5.74) is 1.05. The summed E-state index contributed by atoms with van der Waals surface area (Å²) >= 11 is 0. The van der Waals surface area contributed by atoms with E-state index in [2.05, 4.69) is 20.6 Å². The largest absolute Gasteiger partial charge is 0.480 e. The summed E-state index contributed by atoms with van der Waals surface area (Å²) < 4.78 is 18.8. The van der Waals surface area contributed by atoms with Gasteiger partial charge in [0.25, 0.3) is 17.7 Å². The summed E-state index contributed by atoms with van der Waals surface area (Å²) in [6, 6.07) is 13.6. The van der Waals surface area contributed by atoms with E-state index in [0.717, 1.165) is 5.56 Å². The van der Waals surface area contributed by atoms with E-state index in [-0.39, 0.29) is 11.8 Å². The molecule has 1 atom stereocenters. The first kappa shape index (κ1) is 23.1. The lowest BCUT2D eigenvalue weighted by molar-refractivity contribution is -0.132. The van der Waals surface area contributed by atoms with Crippen LogP contribution in [0.1, 0.15) is 22.6 Å². The Labute approximate surface area is 206 Å². The number of hydrogen-bond donors (Lipinski definition) is 1. The van der Waals surface area contributed by atoms with Crippen LogP contribution in [-0.4, -0.2) is 56.3 Å². The molecule has 1 N–H and O–H groups in total. The van der Waals surface area contributed by atoms with Crippen molar-refractivity contribution in [2.45, 2.75) is 19.4 Å². The highest BCUT2D eigenvalue weighted by molar-refractivity contribution is 6.04. The maximum Gasteiger partial charge on any atom is 0.263 e. The van der Waals surface area contributed by atoms with E-state index < -0.39 is 6.10 Å². The van der Waals surface area contributed by atoms with Crippen molar-refractivity contribution in [1.29, 1.82) is 0 Å². The molecule has 2 aromatic heterocycles. The number of anilines is 1. The van der Waals surface area contributed by atoms with Crippen LogP contribution in [-0.2, 0) is 11.8 Å². The Morgan fingerprint density at radius 3 is 2.50 bits per heavy atom. The van der Waals surface area contributed by atoms with E-state index in [1.165, 1.54) is 0 Å². The third-order valence-electron chi connectivity index (χ3n) is 5.62. The Balaban J connectivity index is 1.40. The predicted octanol–water partition coefficient (Wildman–Crippen LogP) is 3.43. The Hall–Kier alpha value is -4.67. The first-order chi connectivity index (χ1) is 17.3. The quantitative estimate of drug-likeness (QED) is 0.420. The molecule has 1 unspecified atom stereocenters. The highest BCUT2D eigenvalue weighted by atomic mass is 16.5. The molecule has 1 aliphatic heterocycles. The monoisotopic (exact) mass is 488 g/mol. The molecule has 1 saturated heterocycles. The Kier molecular flexibility index (Phi) is 6.11. The molecular formula is C25H24N6O5. The van der Waals surface area contributed by atoms with Gasteiger partial charge in [0.1, 0.15) is 17.2 Å². The van der Waals surface area contributed by atoms with Gasteiger partial charge in [0, 0.05) is 56.5 Å². The van der Waals surface area contributed by atoms with Gasteiger partial charge < -0.3 is 24.2 Å². The summed E-state index contributed by atoms with van der Waals surface area (Å²) in [5, 5.41) is 10.7. The molecule has 0 aliphatic carbocycles. The average molecular weight is 489 g/mol. The molecule has 1 fully saturated rings. The van der Waals surface area contributed by atoms with Crippen LogP contribution in [0.15, 0.2) is 59.3 Å². The summed E-state index contributed by atoms with van der Waals surface area (Å²) in [6.07, 6.45) is 1.67. The second-order valence-electron chi connectivity index (χ2n) is 8.45. The van der Waals surface area contributed by atoms with Gasteiger partial charge in [-0.2, -0.15) is 10.1 Å². The molecule has 2 aromatic carbocycles. The fourth-order valence-electron chi connectivity index (χ4n) is 3.78. The lowest BCUT2D eigenvalue weighted by Crippen LogP contribution is -2.29. The van der Waals surface area contributed by atoms with E-state index in [1.807, 2.05) is 0 Å². The predicted molar refractivity (Wildman–Crippen MR) is 129 cm³/mol. The number of rotatable bonds is 7. The summed E-state index contributed by atoms with van der Waals surface area (Å²) in [4.78, 5) is 31.2. The SMILES string of the molecule is Cc1noc(-c2ccc(Oc3cc(OC4CCN(C)C4=O)cc(C(=O)Nc4ccn(C)n4)c3)cc2)n1. The third kappa shape index (κ3) is 5.04. The van der Waals surface area contributed by atoms with E-state index in [1.54, 1.807) is 85.3 Å². The highest BCUT2D eigenvalue weighted by Gasteiger charge is 2.31. The van der Waals surface area contributed by atoms with Crippen molar-refractivity contribution < 1.29 is 23.6 Å². The normalized spacial score (nSPS) is 15.2. The minimum absolute atomic E-state index is 0.104. The number of benzene rings is 2. The van der Waals surface area contributed by atoms with Crippen molar-refractivity contribution in [2.24, 2.45) is 7.05 Å². The third-order valence-corrected chi connectivity index (χ3v) is 5.62. The summed E-state index contributed by atoms with van der Waals surface area (Å²) in [6.45, 7) is 2.36.